The Hall–Kier alpha value is -2.44. The van der Waals surface area contributed by atoms with Crippen molar-refractivity contribution < 1.29 is 14.3 Å². The highest BCUT2D eigenvalue weighted by molar-refractivity contribution is 9.10. The Morgan fingerprint density at radius 3 is 2.69 bits per heavy atom. The molecule has 2 aromatic rings. The average molecular weight is 524 g/mol. The first kappa shape index (κ1) is 22.7. The maximum Gasteiger partial charge on any atom is 0.410 e. The summed E-state index contributed by atoms with van der Waals surface area (Å²) in [5.74, 6) is 0.502. The minimum atomic E-state index is -0.583. The van der Waals surface area contributed by atoms with E-state index in [4.69, 9.17) is 21.1 Å². The fraction of sp³-hybridized carbons (Fsp3) is 0.500. The predicted molar refractivity (Wildman–Crippen MR) is 126 cm³/mol. The fourth-order valence-electron chi connectivity index (χ4n) is 4.28. The molecule has 1 saturated heterocycles. The minimum Gasteiger partial charge on any atom is -0.488 e. The number of ether oxygens (including phenoxy) is 2. The normalized spacial score (nSPS) is 18.3. The van der Waals surface area contributed by atoms with E-state index in [2.05, 4.69) is 22.0 Å². The lowest BCUT2D eigenvalue weighted by Gasteiger charge is -2.42. The molecular formula is C22H24BrClN4O4. The van der Waals surface area contributed by atoms with E-state index in [9.17, 15) is 14.9 Å². The second kappa shape index (κ2) is 8.16. The second-order valence-corrected chi connectivity index (χ2v) is 10.2. The molecule has 3 heterocycles. The molecule has 1 atom stereocenters. The van der Waals surface area contributed by atoms with Crippen molar-refractivity contribution >= 4 is 50.2 Å². The van der Waals surface area contributed by atoms with Crippen molar-refractivity contribution in [3.8, 4) is 11.8 Å². The molecule has 1 aromatic heterocycles. The molecule has 4 rings (SSSR count). The summed E-state index contributed by atoms with van der Waals surface area (Å²) in [7, 11) is 0. The molecule has 0 aliphatic carbocycles. The summed E-state index contributed by atoms with van der Waals surface area (Å²) in [6.45, 7) is 9.36. The molecule has 1 aromatic carbocycles. The lowest BCUT2D eigenvalue weighted by atomic mass is 10.0. The number of pyridine rings is 1. The van der Waals surface area contributed by atoms with Gasteiger partial charge < -0.3 is 23.8 Å². The first-order valence-corrected chi connectivity index (χ1v) is 11.6. The highest BCUT2D eigenvalue weighted by atomic mass is 79.9. The summed E-state index contributed by atoms with van der Waals surface area (Å²) in [4.78, 5) is 29.5. The van der Waals surface area contributed by atoms with E-state index in [1.165, 1.54) is 0 Å². The smallest absolute Gasteiger partial charge is 0.410 e. The molecule has 0 radical (unpaired) electrons. The monoisotopic (exact) mass is 522 g/mol. The van der Waals surface area contributed by atoms with Gasteiger partial charge in [-0.1, -0.05) is 11.6 Å². The molecule has 8 nitrogen and oxygen atoms in total. The molecule has 2 aliphatic heterocycles. The predicted octanol–water partition coefficient (Wildman–Crippen LogP) is 4.13. The van der Waals surface area contributed by atoms with E-state index in [1.807, 2.05) is 32.6 Å². The highest BCUT2D eigenvalue weighted by Gasteiger charge is 2.34. The molecule has 10 heteroatoms. The Morgan fingerprint density at radius 2 is 2.06 bits per heavy atom. The Kier molecular flexibility index (Phi) is 5.80. The molecule has 0 spiro atoms. The van der Waals surface area contributed by atoms with Gasteiger partial charge in [-0.2, -0.15) is 5.26 Å². The number of carbonyl (C=O) groups is 1. The van der Waals surface area contributed by atoms with Gasteiger partial charge in [0, 0.05) is 31.1 Å². The number of amides is 1. The van der Waals surface area contributed by atoms with Crippen LogP contribution in [-0.2, 0) is 11.3 Å². The van der Waals surface area contributed by atoms with E-state index in [0.717, 1.165) is 0 Å². The third-order valence-electron chi connectivity index (χ3n) is 5.61. The van der Waals surface area contributed by atoms with Crippen molar-refractivity contribution in [1.82, 2.24) is 9.47 Å². The van der Waals surface area contributed by atoms with Crippen LogP contribution in [-0.4, -0.2) is 53.4 Å². The number of rotatable bonds is 1. The van der Waals surface area contributed by atoms with Crippen LogP contribution < -0.4 is 15.2 Å². The quantitative estimate of drug-likeness (QED) is 0.559. The van der Waals surface area contributed by atoms with Gasteiger partial charge >= 0.3 is 6.09 Å². The van der Waals surface area contributed by atoms with E-state index < -0.39 is 5.60 Å². The van der Waals surface area contributed by atoms with Crippen LogP contribution in [0.15, 0.2) is 15.3 Å². The number of hydrogen-bond acceptors (Lipinski definition) is 6. The van der Waals surface area contributed by atoms with Gasteiger partial charge in [0.15, 0.2) is 5.75 Å². The third kappa shape index (κ3) is 3.80. The second-order valence-electron chi connectivity index (χ2n) is 9.01. The van der Waals surface area contributed by atoms with E-state index in [1.54, 1.807) is 15.5 Å². The van der Waals surface area contributed by atoms with E-state index in [0.29, 0.717) is 64.6 Å². The molecule has 0 bridgehead atoms. The Labute approximate surface area is 199 Å². The van der Waals surface area contributed by atoms with Gasteiger partial charge in [-0.25, -0.2) is 4.79 Å². The van der Waals surface area contributed by atoms with Crippen molar-refractivity contribution in [3.63, 3.8) is 0 Å². The largest absolute Gasteiger partial charge is 0.488 e. The van der Waals surface area contributed by atoms with E-state index in [-0.39, 0.29) is 23.3 Å². The van der Waals surface area contributed by atoms with Gasteiger partial charge in [0.05, 0.1) is 27.2 Å². The van der Waals surface area contributed by atoms with Gasteiger partial charge in [0.1, 0.15) is 23.8 Å². The molecular weight excluding hydrogens is 500 g/mol. The number of benzene rings is 1. The lowest BCUT2D eigenvalue weighted by Crippen LogP contribution is -2.55. The summed E-state index contributed by atoms with van der Waals surface area (Å²) in [6, 6.07) is 3.72. The van der Waals surface area contributed by atoms with E-state index >= 15 is 0 Å². The Bertz CT molecular complexity index is 1210. The maximum absolute atomic E-state index is 13.3. The van der Waals surface area contributed by atoms with Gasteiger partial charge in [0.2, 0.25) is 0 Å². The molecule has 32 heavy (non-hydrogen) atoms. The minimum absolute atomic E-state index is 0.0707. The number of anilines is 1. The molecule has 170 valence electrons. The van der Waals surface area contributed by atoms with Gasteiger partial charge in [0.25, 0.3) is 5.56 Å². The number of nitrogens with zero attached hydrogens (tertiary/aromatic N) is 4. The van der Waals surface area contributed by atoms with Gasteiger partial charge in [-0.05, 0) is 49.7 Å². The molecule has 0 N–H and O–H groups in total. The molecule has 1 unspecified atom stereocenters. The van der Waals surface area contributed by atoms with Gasteiger partial charge in [-0.3, -0.25) is 4.79 Å². The van der Waals surface area contributed by atoms with Crippen molar-refractivity contribution in [3.05, 3.63) is 31.5 Å². The maximum atomic E-state index is 13.3. The van der Waals surface area contributed by atoms with Crippen LogP contribution in [0.2, 0.25) is 5.02 Å². The van der Waals surface area contributed by atoms with Crippen LogP contribution in [0, 0.1) is 11.3 Å². The SMILES string of the molecule is CC1CN(C(=O)OC(C)(C)C)CCN1c1c(C#N)c(=O)n2c3c(c(Br)c(Cl)cc13)OCC2. The zero-order chi connectivity index (χ0) is 23.4. The first-order chi connectivity index (χ1) is 15.0. The number of nitriles is 1. The van der Waals surface area contributed by atoms with Crippen LogP contribution in [0.4, 0.5) is 10.5 Å². The van der Waals surface area contributed by atoms with Crippen LogP contribution in [0.3, 0.4) is 0 Å². The first-order valence-electron chi connectivity index (χ1n) is 10.4. The van der Waals surface area contributed by atoms with Gasteiger partial charge in [-0.15, -0.1) is 0 Å². The van der Waals surface area contributed by atoms with Crippen LogP contribution in [0.25, 0.3) is 10.9 Å². The molecule has 1 fully saturated rings. The van der Waals surface area contributed by atoms with Crippen molar-refractivity contribution in [1.29, 1.82) is 5.26 Å². The van der Waals surface area contributed by atoms with Crippen LogP contribution in [0.1, 0.15) is 33.3 Å². The van der Waals surface area contributed by atoms with Crippen LogP contribution >= 0.6 is 27.5 Å². The number of halogens is 2. The zero-order valence-electron chi connectivity index (χ0n) is 18.4. The lowest BCUT2D eigenvalue weighted by molar-refractivity contribution is 0.0219. The summed E-state index contributed by atoms with van der Waals surface area (Å²) < 4.78 is 13.5. The Morgan fingerprint density at radius 1 is 1.34 bits per heavy atom. The topological polar surface area (TPSA) is 87.8 Å². The summed E-state index contributed by atoms with van der Waals surface area (Å²) in [5.41, 5.74) is 0.284. The highest BCUT2D eigenvalue weighted by Crippen LogP contribution is 2.44. The fourth-order valence-corrected chi connectivity index (χ4v) is 4.89. The number of aromatic nitrogens is 1. The van der Waals surface area contributed by atoms with Crippen LogP contribution in [0.5, 0.6) is 5.75 Å². The summed E-state index contributed by atoms with van der Waals surface area (Å²) >= 11 is 9.93. The van der Waals surface area contributed by atoms with Crippen molar-refractivity contribution in [2.75, 3.05) is 31.1 Å². The molecule has 0 saturated carbocycles. The molecule has 2 aliphatic rings. The molecule has 1 amide bonds. The summed E-state index contributed by atoms with van der Waals surface area (Å²) in [6.07, 6.45) is -0.373. The number of piperazine rings is 1. The number of hydrogen-bond donors (Lipinski definition) is 0. The number of carbonyl (C=O) groups excluding carboxylic acids is 1. The average Bonchev–Trinajstić information content (AvgIpc) is 2.72. The zero-order valence-corrected chi connectivity index (χ0v) is 20.7. The van der Waals surface area contributed by atoms with Crippen molar-refractivity contribution in [2.45, 2.75) is 45.9 Å². The Balaban J connectivity index is 1.82. The third-order valence-corrected chi connectivity index (χ3v) is 6.92. The van der Waals surface area contributed by atoms with Crippen molar-refractivity contribution in [2.24, 2.45) is 0 Å². The standard InChI is InChI=1S/C22H24BrClN4O4/c1-12-11-26(21(30)32-22(2,3)4)5-6-27(12)17-13-9-15(24)16(23)19-18(13)28(7-8-31-19)20(29)14(17)10-25/h9,12H,5-8,11H2,1-4H3. The summed E-state index contributed by atoms with van der Waals surface area (Å²) in [5, 5.41) is 11.0.